The summed E-state index contributed by atoms with van der Waals surface area (Å²) in [6, 6.07) is 6.09. The normalized spacial score (nSPS) is 11.3. The Hall–Kier alpha value is -2.24. The molecule has 0 aromatic heterocycles. The molecule has 0 unspecified atom stereocenters. The third-order valence-electron chi connectivity index (χ3n) is 3.60. The summed E-state index contributed by atoms with van der Waals surface area (Å²) in [5.41, 5.74) is 3.94. The van der Waals surface area contributed by atoms with Crippen LogP contribution in [0.2, 0.25) is 0 Å². The Morgan fingerprint density at radius 3 is 2.35 bits per heavy atom. The number of rotatable bonds is 10. The molecular weight excluding hydrogens is 294 g/mol. The van der Waals surface area contributed by atoms with E-state index in [1.54, 1.807) is 19.1 Å². The highest BCUT2D eigenvalue weighted by molar-refractivity contribution is 5.99. The van der Waals surface area contributed by atoms with Crippen molar-refractivity contribution < 1.29 is 9.72 Å². The highest BCUT2D eigenvalue weighted by atomic mass is 16.6. The Morgan fingerprint density at radius 2 is 1.74 bits per heavy atom. The zero-order valence-corrected chi connectivity index (χ0v) is 13.9. The smallest absolute Gasteiger partial charge is 0.269 e. The predicted octanol–water partition coefficient (Wildman–Crippen LogP) is 4.19. The summed E-state index contributed by atoms with van der Waals surface area (Å²) in [4.78, 5) is 21.9. The van der Waals surface area contributed by atoms with Gasteiger partial charge in [-0.1, -0.05) is 39.0 Å². The SMILES string of the molecule is CCCCCCCCC(=O)N/N=C(\C)c1ccc([N+](=O)[O-])cc1. The van der Waals surface area contributed by atoms with E-state index in [9.17, 15) is 14.9 Å². The minimum Gasteiger partial charge on any atom is -0.273 e. The number of non-ortho nitro benzene ring substituents is 1. The van der Waals surface area contributed by atoms with E-state index in [0.29, 0.717) is 12.1 Å². The van der Waals surface area contributed by atoms with Gasteiger partial charge in [0.05, 0.1) is 10.6 Å². The van der Waals surface area contributed by atoms with Crippen LogP contribution < -0.4 is 5.43 Å². The molecule has 0 aliphatic carbocycles. The second-order valence-electron chi connectivity index (χ2n) is 5.55. The maximum atomic E-state index is 11.7. The van der Waals surface area contributed by atoms with Gasteiger partial charge in [0.25, 0.3) is 5.69 Å². The molecular formula is C17H25N3O3. The average Bonchev–Trinajstić information content (AvgIpc) is 2.55. The fraction of sp³-hybridized carbons (Fsp3) is 0.529. The van der Waals surface area contributed by atoms with Gasteiger partial charge in [-0.2, -0.15) is 5.10 Å². The van der Waals surface area contributed by atoms with Gasteiger partial charge >= 0.3 is 0 Å². The monoisotopic (exact) mass is 319 g/mol. The zero-order chi connectivity index (χ0) is 17.1. The van der Waals surface area contributed by atoms with Crippen molar-refractivity contribution in [3.8, 4) is 0 Å². The summed E-state index contributed by atoms with van der Waals surface area (Å²) in [7, 11) is 0. The third-order valence-corrected chi connectivity index (χ3v) is 3.60. The van der Waals surface area contributed by atoms with Crippen LogP contribution in [0.1, 0.15) is 64.4 Å². The largest absolute Gasteiger partial charge is 0.273 e. The molecule has 126 valence electrons. The van der Waals surface area contributed by atoms with E-state index < -0.39 is 4.92 Å². The lowest BCUT2D eigenvalue weighted by atomic mass is 10.1. The Bertz CT molecular complexity index is 539. The van der Waals surface area contributed by atoms with Gasteiger partial charge in [0.15, 0.2) is 0 Å². The number of hydrazone groups is 1. The highest BCUT2D eigenvalue weighted by Crippen LogP contribution is 2.12. The Kier molecular flexibility index (Phi) is 8.57. The van der Waals surface area contributed by atoms with Crippen LogP contribution in [0.25, 0.3) is 0 Å². The van der Waals surface area contributed by atoms with E-state index in [0.717, 1.165) is 18.4 Å². The molecule has 1 N–H and O–H groups in total. The van der Waals surface area contributed by atoms with Crippen LogP contribution in [0.3, 0.4) is 0 Å². The Labute approximate surface area is 137 Å². The number of nitrogens with zero attached hydrogens (tertiary/aromatic N) is 2. The van der Waals surface area contributed by atoms with Crippen molar-refractivity contribution >= 4 is 17.3 Å². The van der Waals surface area contributed by atoms with Gasteiger partial charge in [-0.25, -0.2) is 5.43 Å². The minimum atomic E-state index is -0.446. The fourth-order valence-corrected chi connectivity index (χ4v) is 2.16. The van der Waals surface area contributed by atoms with Gasteiger partial charge in [-0.05, 0) is 31.0 Å². The number of carbonyl (C=O) groups is 1. The van der Waals surface area contributed by atoms with Gasteiger partial charge in [-0.3, -0.25) is 14.9 Å². The van der Waals surface area contributed by atoms with E-state index in [4.69, 9.17) is 0 Å². The second kappa shape index (κ2) is 10.5. The van der Waals surface area contributed by atoms with Crippen LogP contribution in [-0.4, -0.2) is 16.5 Å². The summed E-state index contributed by atoms with van der Waals surface area (Å²) in [5, 5.41) is 14.6. The first-order valence-corrected chi connectivity index (χ1v) is 8.12. The lowest BCUT2D eigenvalue weighted by Gasteiger charge is -2.03. The number of hydrogen-bond acceptors (Lipinski definition) is 4. The zero-order valence-electron chi connectivity index (χ0n) is 13.9. The summed E-state index contributed by atoms with van der Waals surface area (Å²) in [6.45, 7) is 3.94. The molecule has 1 amide bonds. The molecule has 0 atom stereocenters. The van der Waals surface area contributed by atoms with Crippen molar-refractivity contribution in [2.45, 2.75) is 58.8 Å². The standard InChI is InChI=1S/C17H25N3O3/c1-3-4-5-6-7-8-9-17(21)19-18-14(2)15-10-12-16(13-11-15)20(22)23/h10-13H,3-9H2,1-2H3,(H,19,21)/b18-14+. The molecule has 0 fully saturated rings. The van der Waals surface area contributed by atoms with Crippen LogP contribution in [0.4, 0.5) is 5.69 Å². The summed E-state index contributed by atoms with van der Waals surface area (Å²) < 4.78 is 0. The predicted molar refractivity (Wildman–Crippen MR) is 91.4 cm³/mol. The molecule has 6 nitrogen and oxygen atoms in total. The van der Waals surface area contributed by atoms with E-state index in [1.165, 1.54) is 37.8 Å². The van der Waals surface area contributed by atoms with Crippen LogP contribution in [0.5, 0.6) is 0 Å². The van der Waals surface area contributed by atoms with Gasteiger partial charge in [0, 0.05) is 18.6 Å². The van der Waals surface area contributed by atoms with Crippen molar-refractivity contribution in [1.29, 1.82) is 0 Å². The van der Waals surface area contributed by atoms with Gasteiger partial charge in [0.1, 0.15) is 0 Å². The Morgan fingerprint density at radius 1 is 1.13 bits per heavy atom. The molecule has 0 radical (unpaired) electrons. The average molecular weight is 319 g/mol. The van der Waals surface area contributed by atoms with Crippen molar-refractivity contribution in [2.75, 3.05) is 0 Å². The number of nitrogens with one attached hydrogen (secondary N) is 1. The van der Waals surface area contributed by atoms with Crippen molar-refractivity contribution in [1.82, 2.24) is 5.43 Å². The van der Waals surface area contributed by atoms with Crippen molar-refractivity contribution in [3.05, 3.63) is 39.9 Å². The lowest BCUT2D eigenvalue weighted by Crippen LogP contribution is -2.18. The first-order chi connectivity index (χ1) is 11.0. The molecule has 23 heavy (non-hydrogen) atoms. The molecule has 1 rings (SSSR count). The summed E-state index contributed by atoms with van der Waals surface area (Å²) >= 11 is 0. The van der Waals surface area contributed by atoms with E-state index in [2.05, 4.69) is 17.5 Å². The number of carbonyl (C=O) groups excluding carboxylic acids is 1. The maximum Gasteiger partial charge on any atom is 0.269 e. The Balaban J connectivity index is 2.34. The molecule has 0 saturated carbocycles. The number of benzene rings is 1. The molecule has 1 aromatic rings. The van der Waals surface area contributed by atoms with E-state index >= 15 is 0 Å². The highest BCUT2D eigenvalue weighted by Gasteiger charge is 2.06. The van der Waals surface area contributed by atoms with Gasteiger partial charge in [0.2, 0.25) is 5.91 Å². The molecule has 6 heteroatoms. The topological polar surface area (TPSA) is 84.6 Å². The molecule has 0 aliphatic rings. The van der Waals surface area contributed by atoms with E-state index in [-0.39, 0.29) is 11.6 Å². The number of amides is 1. The third kappa shape index (κ3) is 7.54. The number of hydrogen-bond donors (Lipinski definition) is 1. The number of nitro groups is 1. The molecule has 0 spiro atoms. The van der Waals surface area contributed by atoms with E-state index in [1.807, 2.05) is 0 Å². The summed E-state index contributed by atoms with van der Waals surface area (Å²) in [5.74, 6) is -0.0956. The quantitative estimate of drug-likeness (QED) is 0.304. The van der Waals surface area contributed by atoms with Crippen molar-refractivity contribution in [3.63, 3.8) is 0 Å². The second-order valence-corrected chi connectivity index (χ2v) is 5.55. The van der Waals surface area contributed by atoms with Crippen LogP contribution in [0, 0.1) is 10.1 Å². The first kappa shape index (κ1) is 18.8. The van der Waals surface area contributed by atoms with Crippen molar-refractivity contribution in [2.24, 2.45) is 5.10 Å². The van der Waals surface area contributed by atoms with Crippen LogP contribution in [0.15, 0.2) is 29.4 Å². The number of nitro benzene ring substituents is 1. The minimum absolute atomic E-state index is 0.0358. The molecule has 0 saturated heterocycles. The molecule has 1 aromatic carbocycles. The lowest BCUT2D eigenvalue weighted by molar-refractivity contribution is -0.384. The van der Waals surface area contributed by atoms with Crippen LogP contribution >= 0.6 is 0 Å². The van der Waals surface area contributed by atoms with Gasteiger partial charge < -0.3 is 0 Å². The fourth-order valence-electron chi connectivity index (χ4n) is 2.16. The maximum absolute atomic E-state index is 11.7. The first-order valence-electron chi connectivity index (χ1n) is 8.12. The molecule has 0 aliphatic heterocycles. The number of unbranched alkanes of at least 4 members (excludes halogenated alkanes) is 5. The molecule has 0 bridgehead atoms. The van der Waals surface area contributed by atoms with Gasteiger partial charge in [-0.15, -0.1) is 0 Å². The summed E-state index contributed by atoms with van der Waals surface area (Å²) in [6.07, 6.45) is 7.30. The van der Waals surface area contributed by atoms with Crippen LogP contribution in [-0.2, 0) is 4.79 Å². The molecule has 0 heterocycles.